The van der Waals surface area contributed by atoms with Crippen LogP contribution in [0.4, 0.5) is 0 Å². The standard InChI is InChI=1S/C11H17N3O2S.ClH/c1-11(2,12)7-14-9(15)6-13-10(16)8-4-3-5-17-8;/h3-5H,6-7,12H2,1-2H3,(H,13,16)(H,14,15);1H. The molecule has 102 valence electrons. The predicted octanol–water partition coefficient (Wildman–Crippen LogP) is 0.753. The first kappa shape index (κ1) is 16.9. The first-order chi connectivity index (χ1) is 7.88. The van der Waals surface area contributed by atoms with Crippen molar-refractivity contribution in [1.82, 2.24) is 10.6 Å². The molecule has 1 aromatic heterocycles. The largest absolute Gasteiger partial charge is 0.353 e. The van der Waals surface area contributed by atoms with E-state index in [1.54, 1.807) is 12.1 Å². The molecule has 7 heteroatoms. The molecule has 0 atom stereocenters. The van der Waals surface area contributed by atoms with Gasteiger partial charge in [-0.2, -0.15) is 0 Å². The van der Waals surface area contributed by atoms with Crippen LogP contribution in [0, 0.1) is 0 Å². The van der Waals surface area contributed by atoms with Crippen molar-refractivity contribution in [3.05, 3.63) is 22.4 Å². The number of carbonyl (C=O) groups is 2. The molecule has 0 spiro atoms. The van der Waals surface area contributed by atoms with Crippen LogP contribution in [-0.2, 0) is 4.79 Å². The van der Waals surface area contributed by atoms with Crippen LogP contribution in [0.25, 0.3) is 0 Å². The minimum Gasteiger partial charge on any atom is -0.353 e. The van der Waals surface area contributed by atoms with E-state index in [2.05, 4.69) is 10.6 Å². The predicted molar refractivity (Wildman–Crippen MR) is 75.2 cm³/mol. The summed E-state index contributed by atoms with van der Waals surface area (Å²) in [4.78, 5) is 23.5. The van der Waals surface area contributed by atoms with E-state index in [1.807, 2.05) is 19.2 Å². The summed E-state index contributed by atoms with van der Waals surface area (Å²) in [7, 11) is 0. The molecule has 0 saturated carbocycles. The summed E-state index contributed by atoms with van der Waals surface area (Å²) in [5.41, 5.74) is 5.27. The van der Waals surface area contributed by atoms with E-state index in [0.717, 1.165) is 0 Å². The van der Waals surface area contributed by atoms with Crippen molar-refractivity contribution in [1.29, 1.82) is 0 Å². The van der Waals surface area contributed by atoms with Gasteiger partial charge in [-0.25, -0.2) is 0 Å². The van der Waals surface area contributed by atoms with Gasteiger partial charge in [-0.05, 0) is 25.3 Å². The molecule has 0 aliphatic rings. The second-order valence-corrected chi connectivity index (χ2v) is 5.37. The fourth-order valence-electron chi connectivity index (χ4n) is 1.04. The zero-order chi connectivity index (χ0) is 12.9. The molecule has 18 heavy (non-hydrogen) atoms. The Morgan fingerprint density at radius 3 is 2.56 bits per heavy atom. The first-order valence-electron chi connectivity index (χ1n) is 5.26. The minimum absolute atomic E-state index is 0. The lowest BCUT2D eigenvalue weighted by Crippen LogP contribution is -2.47. The molecule has 1 rings (SSSR count). The average molecular weight is 292 g/mol. The van der Waals surface area contributed by atoms with Gasteiger partial charge in [-0.15, -0.1) is 23.7 Å². The van der Waals surface area contributed by atoms with Gasteiger partial charge in [0.2, 0.25) is 5.91 Å². The molecule has 0 fully saturated rings. The zero-order valence-corrected chi connectivity index (χ0v) is 12.0. The van der Waals surface area contributed by atoms with Crippen molar-refractivity contribution in [2.24, 2.45) is 5.73 Å². The molecule has 0 unspecified atom stereocenters. The van der Waals surface area contributed by atoms with Crippen LogP contribution in [0.2, 0.25) is 0 Å². The molecule has 0 radical (unpaired) electrons. The van der Waals surface area contributed by atoms with Crippen molar-refractivity contribution in [2.75, 3.05) is 13.1 Å². The number of amides is 2. The smallest absolute Gasteiger partial charge is 0.261 e. The highest BCUT2D eigenvalue weighted by molar-refractivity contribution is 7.12. The number of hydrogen-bond donors (Lipinski definition) is 3. The summed E-state index contributed by atoms with van der Waals surface area (Å²) >= 11 is 1.34. The van der Waals surface area contributed by atoms with Crippen molar-refractivity contribution in [3.63, 3.8) is 0 Å². The van der Waals surface area contributed by atoms with Crippen LogP contribution < -0.4 is 16.4 Å². The Hall–Kier alpha value is -1.11. The molecule has 0 bridgehead atoms. The highest BCUT2D eigenvalue weighted by Crippen LogP contribution is 2.07. The summed E-state index contributed by atoms with van der Waals surface area (Å²) in [5.74, 6) is -0.476. The van der Waals surface area contributed by atoms with Crippen LogP contribution in [0.5, 0.6) is 0 Å². The molecule has 0 aliphatic carbocycles. The highest BCUT2D eigenvalue weighted by Gasteiger charge is 2.13. The fourth-order valence-corrected chi connectivity index (χ4v) is 1.68. The number of halogens is 1. The Morgan fingerprint density at radius 2 is 2.06 bits per heavy atom. The van der Waals surface area contributed by atoms with E-state index in [-0.39, 0.29) is 30.8 Å². The third-order valence-corrected chi connectivity index (χ3v) is 2.76. The average Bonchev–Trinajstić information content (AvgIpc) is 2.75. The Bertz CT molecular complexity index is 387. The molecular weight excluding hydrogens is 274 g/mol. The molecular formula is C11H18ClN3O2S. The maximum Gasteiger partial charge on any atom is 0.261 e. The van der Waals surface area contributed by atoms with Crippen molar-refractivity contribution in [2.45, 2.75) is 19.4 Å². The van der Waals surface area contributed by atoms with Crippen molar-refractivity contribution < 1.29 is 9.59 Å². The van der Waals surface area contributed by atoms with Crippen molar-refractivity contribution >= 4 is 35.6 Å². The maximum atomic E-state index is 11.5. The van der Waals surface area contributed by atoms with Crippen LogP contribution in [0.3, 0.4) is 0 Å². The lowest BCUT2D eigenvalue weighted by molar-refractivity contribution is -0.120. The number of rotatable bonds is 5. The fraction of sp³-hybridized carbons (Fsp3) is 0.455. The molecule has 0 aliphatic heterocycles. The van der Waals surface area contributed by atoms with Gasteiger partial charge in [-0.3, -0.25) is 9.59 Å². The SMILES string of the molecule is CC(C)(N)CNC(=O)CNC(=O)c1cccs1.Cl. The van der Waals surface area contributed by atoms with Crippen LogP contribution in [0.1, 0.15) is 23.5 Å². The van der Waals surface area contributed by atoms with Gasteiger partial charge in [0.1, 0.15) is 0 Å². The van der Waals surface area contributed by atoms with Crippen LogP contribution in [-0.4, -0.2) is 30.4 Å². The zero-order valence-electron chi connectivity index (χ0n) is 10.4. The van der Waals surface area contributed by atoms with Gasteiger partial charge >= 0.3 is 0 Å². The Morgan fingerprint density at radius 1 is 1.39 bits per heavy atom. The van der Waals surface area contributed by atoms with Gasteiger partial charge in [0.05, 0.1) is 11.4 Å². The lowest BCUT2D eigenvalue weighted by Gasteiger charge is -2.18. The number of nitrogens with two attached hydrogens (primary N) is 1. The summed E-state index contributed by atoms with van der Waals surface area (Å²) in [6.45, 7) is 3.97. The maximum absolute atomic E-state index is 11.5. The molecule has 4 N–H and O–H groups in total. The summed E-state index contributed by atoms with van der Waals surface area (Å²) in [5, 5.41) is 7.00. The quantitative estimate of drug-likeness (QED) is 0.748. The number of carbonyl (C=O) groups excluding carboxylic acids is 2. The third kappa shape index (κ3) is 6.58. The Balaban J connectivity index is 0.00000289. The van der Waals surface area contributed by atoms with Gasteiger partial charge < -0.3 is 16.4 Å². The van der Waals surface area contributed by atoms with Crippen LogP contribution >= 0.6 is 23.7 Å². The molecule has 0 saturated heterocycles. The second kappa shape index (κ2) is 7.35. The van der Waals surface area contributed by atoms with Crippen LogP contribution in [0.15, 0.2) is 17.5 Å². The van der Waals surface area contributed by atoms with E-state index in [1.165, 1.54) is 11.3 Å². The molecule has 1 heterocycles. The molecule has 1 aromatic rings. The molecule has 5 nitrogen and oxygen atoms in total. The molecule has 0 aromatic carbocycles. The minimum atomic E-state index is -0.451. The normalized spacial score (nSPS) is 10.4. The highest BCUT2D eigenvalue weighted by atomic mass is 35.5. The van der Waals surface area contributed by atoms with E-state index in [0.29, 0.717) is 11.4 Å². The third-order valence-electron chi connectivity index (χ3n) is 1.90. The van der Waals surface area contributed by atoms with E-state index in [4.69, 9.17) is 5.73 Å². The first-order valence-corrected chi connectivity index (χ1v) is 6.14. The summed E-state index contributed by atoms with van der Waals surface area (Å²) < 4.78 is 0. The second-order valence-electron chi connectivity index (χ2n) is 4.43. The number of nitrogens with one attached hydrogen (secondary N) is 2. The lowest BCUT2D eigenvalue weighted by atomic mass is 10.1. The van der Waals surface area contributed by atoms with Crippen molar-refractivity contribution in [3.8, 4) is 0 Å². The topological polar surface area (TPSA) is 84.2 Å². The Labute approximate surface area is 117 Å². The van der Waals surface area contributed by atoms with Gasteiger partial charge in [0.15, 0.2) is 0 Å². The summed E-state index contributed by atoms with van der Waals surface area (Å²) in [6.07, 6.45) is 0. The van der Waals surface area contributed by atoms with Gasteiger partial charge in [0.25, 0.3) is 5.91 Å². The monoisotopic (exact) mass is 291 g/mol. The Kier molecular flexibility index (Phi) is 6.90. The van der Waals surface area contributed by atoms with E-state index >= 15 is 0 Å². The van der Waals surface area contributed by atoms with Gasteiger partial charge in [-0.1, -0.05) is 6.07 Å². The molecule has 2 amide bonds. The number of thiophene rings is 1. The summed E-state index contributed by atoms with van der Waals surface area (Å²) in [6, 6.07) is 3.50. The van der Waals surface area contributed by atoms with E-state index < -0.39 is 5.54 Å². The van der Waals surface area contributed by atoms with E-state index in [9.17, 15) is 9.59 Å². The number of hydrogen-bond acceptors (Lipinski definition) is 4. The van der Waals surface area contributed by atoms with Gasteiger partial charge in [0, 0.05) is 12.1 Å².